The van der Waals surface area contributed by atoms with Gasteiger partial charge < -0.3 is 4.98 Å². The fourth-order valence-corrected chi connectivity index (χ4v) is 4.68. The van der Waals surface area contributed by atoms with E-state index in [-0.39, 0.29) is 12.0 Å². The average molecular weight is 278 g/mol. The number of nitrogens with one attached hydrogen (secondary N) is 1. The summed E-state index contributed by atoms with van der Waals surface area (Å²) in [7, 11) is 0. The van der Waals surface area contributed by atoms with E-state index in [1.165, 1.54) is 27.7 Å². The maximum absolute atomic E-state index is 12.7. The van der Waals surface area contributed by atoms with Crippen LogP contribution in [0.1, 0.15) is 30.6 Å². The Balaban J connectivity index is 1.72. The Labute approximate surface area is 123 Å². The van der Waals surface area contributed by atoms with Crippen molar-refractivity contribution >= 4 is 16.7 Å². The van der Waals surface area contributed by atoms with E-state index in [1.54, 1.807) is 0 Å². The Morgan fingerprint density at radius 1 is 1.29 bits per heavy atom. The second-order valence-electron chi connectivity index (χ2n) is 6.53. The molecule has 0 aliphatic carbocycles. The number of aromatic amines is 1. The van der Waals surface area contributed by atoms with Crippen molar-refractivity contribution in [2.24, 2.45) is 5.92 Å². The third kappa shape index (κ3) is 1.35. The van der Waals surface area contributed by atoms with E-state index in [0.717, 1.165) is 19.4 Å². The summed E-state index contributed by atoms with van der Waals surface area (Å²) in [4.78, 5) is 18.8. The molecule has 21 heavy (non-hydrogen) atoms. The summed E-state index contributed by atoms with van der Waals surface area (Å²) < 4.78 is 0. The molecule has 4 bridgehead atoms. The average Bonchev–Trinajstić information content (AvgIpc) is 2.89. The SMILES string of the molecule is C/C=C1/CN2[C@H]3Cc4c([nH]c5ccccc45)[C@@H]2C[C@@H]1C3=O. The van der Waals surface area contributed by atoms with Gasteiger partial charge in [0.1, 0.15) is 0 Å². The van der Waals surface area contributed by atoms with Crippen LogP contribution in [0.3, 0.4) is 0 Å². The smallest absolute Gasteiger partial charge is 0.157 e. The number of fused-ring (bicyclic) bond motifs is 4. The third-order valence-electron chi connectivity index (χ3n) is 5.69. The number of nitrogens with zero attached hydrogens (tertiary/aromatic N) is 1. The zero-order chi connectivity index (χ0) is 14.1. The molecule has 1 N–H and O–H groups in total. The van der Waals surface area contributed by atoms with Crippen LogP contribution >= 0.6 is 0 Å². The van der Waals surface area contributed by atoms with E-state index >= 15 is 0 Å². The topological polar surface area (TPSA) is 36.1 Å². The van der Waals surface area contributed by atoms with Gasteiger partial charge >= 0.3 is 0 Å². The van der Waals surface area contributed by atoms with Crippen molar-refractivity contribution in [1.29, 1.82) is 0 Å². The number of carbonyl (C=O) groups excluding carboxylic acids is 1. The lowest BCUT2D eigenvalue weighted by molar-refractivity contribution is -0.137. The van der Waals surface area contributed by atoms with Gasteiger partial charge in [0.25, 0.3) is 0 Å². The Hall–Kier alpha value is -1.87. The fraction of sp³-hybridized carbons (Fsp3) is 0.389. The molecule has 106 valence electrons. The van der Waals surface area contributed by atoms with Crippen molar-refractivity contribution in [1.82, 2.24) is 9.88 Å². The van der Waals surface area contributed by atoms with Gasteiger partial charge in [-0.15, -0.1) is 0 Å². The molecule has 1 aromatic heterocycles. The zero-order valence-corrected chi connectivity index (χ0v) is 12.1. The molecule has 1 aromatic carbocycles. The molecule has 4 aliphatic rings. The molecule has 6 rings (SSSR count). The van der Waals surface area contributed by atoms with E-state index in [0.29, 0.717) is 11.8 Å². The van der Waals surface area contributed by atoms with Gasteiger partial charge in [0.2, 0.25) is 0 Å². The minimum Gasteiger partial charge on any atom is -0.357 e. The minimum absolute atomic E-state index is 0.101. The number of benzene rings is 1. The first-order valence-electron chi connectivity index (χ1n) is 7.82. The predicted octanol–water partition coefficient (Wildman–Crippen LogP) is 2.98. The summed E-state index contributed by atoms with van der Waals surface area (Å²) in [6.45, 7) is 3.03. The Bertz CT molecular complexity index is 801. The van der Waals surface area contributed by atoms with Crippen LogP contribution in [0.2, 0.25) is 0 Å². The standard InChI is InChI=1S/C18H18N2O/c1-2-10-9-20-15-7-12(10)18(21)16(20)8-13-11-5-3-4-6-14(11)19-17(13)15/h2-6,12,15-16,19H,7-9H2,1H3/b10-2-/t12-,15-,16-/m0/s1. The summed E-state index contributed by atoms with van der Waals surface area (Å²) in [5, 5.41) is 1.31. The van der Waals surface area contributed by atoms with Crippen LogP contribution in [-0.2, 0) is 11.2 Å². The van der Waals surface area contributed by atoms with Crippen LogP contribution in [0.25, 0.3) is 10.9 Å². The van der Waals surface area contributed by atoms with Gasteiger partial charge in [0.15, 0.2) is 5.78 Å². The summed E-state index contributed by atoms with van der Waals surface area (Å²) in [6.07, 6.45) is 3.98. The van der Waals surface area contributed by atoms with Crippen LogP contribution in [-0.4, -0.2) is 28.3 Å². The number of rotatable bonds is 0. The number of para-hydroxylation sites is 1. The highest BCUT2D eigenvalue weighted by Crippen LogP contribution is 2.50. The highest BCUT2D eigenvalue weighted by atomic mass is 16.1. The molecular formula is C18H18N2O. The van der Waals surface area contributed by atoms with Crippen molar-refractivity contribution in [2.45, 2.75) is 31.8 Å². The summed E-state index contributed by atoms with van der Waals surface area (Å²) in [6, 6.07) is 8.99. The first kappa shape index (κ1) is 11.8. The number of hydrogen-bond acceptors (Lipinski definition) is 2. The molecule has 0 amide bonds. The molecule has 3 saturated heterocycles. The van der Waals surface area contributed by atoms with Gasteiger partial charge in [0.05, 0.1) is 12.1 Å². The quantitative estimate of drug-likeness (QED) is 0.752. The van der Waals surface area contributed by atoms with Crippen molar-refractivity contribution in [2.75, 3.05) is 6.54 Å². The maximum Gasteiger partial charge on any atom is 0.157 e. The highest BCUT2D eigenvalue weighted by molar-refractivity contribution is 5.94. The maximum atomic E-state index is 12.7. The number of Topliss-reactive ketones (excluding diaryl/α,β-unsaturated/α-hetero) is 1. The van der Waals surface area contributed by atoms with E-state index in [4.69, 9.17) is 0 Å². The lowest BCUT2D eigenvalue weighted by atomic mass is 9.69. The summed E-state index contributed by atoms with van der Waals surface area (Å²) in [5.74, 6) is 0.607. The Morgan fingerprint density at radius 3 is 3.00 bits per heavy atom. The first-order chi connectivity index (χ1) is 10.3. The molecule has 4 atom stereocenters. The molecule has 3 fully saturated rings. The van der Waals surface area contributed by atoms with Crippen molar-refractivity contribution in [3.05, 3.63) is 47.2 Å². The fourth-order valence-electron chi connectivity index (χ4n) is 4.68. The number of hydrogen-bond donors (Lipinski definition) is 1. The first-order valence-corrected chi connectivity index (χ1v) is 7.82. The van der Waals surface area contributed by atoms with Gasteiger partial charge in [-0.3, -0.25) is 9.69 Å². The number of allylic oxidation sites excluding steroid dienone is 1. The molecule has 2 aromatic rings. The van der Waals surface area contributed by atoms with E-state index in [9.17, 15) is 4.79 Å². The highest BCUT2D eigenvalue weighted by Gasteiger charge is 2.52. The molecule has 0 spiro atoms. The molecule has 3 nitrogen and oxygen atoms in total. The zero-order valence-electron chi connectivity index (χ0n) is 12.1. The number of ketones is 1. The second kappa shape index (κ2) is 3.86. The third-order valence-corrected chi connectivity index (χ3v) is 5.69. The van der Waals surface area contributed by atoms with Gasteiger partial charge in [-0.05, 0) is 37.0 Å². The second-order valence-corrected chi connectivity index (χ2v) is 6.53. The van der Waals surface area contributed by atoms with Crippen molar-refractivity contribution < 1.29 is 4.79 Å². The van der Waals surface area contributed by atoms with Crippen molar-refractivity contribution in [3.8, 4) is 0 Å². The van der Waals surface area contributed by atoms with Gasteiger partial charge in [0, 0.05) is 29.1 Å². The Kier molecular flexibility index (Phi) is 2.16. The molecule has 0 saturated carbocycles. The number of carbonyl (C=O) groups is 1. The van der Waals surface area contributed by atoms with Crippen molar-refractivity contribution in [3.63, 3.8) is 0 Å². The van der Waals surface area contributed by atoms with Crippen LogP contribution in [0.5, 0.6) is 0 Å². The molecule has 4 aliphatic heterocycles. The van der Waals surface area contributed by atoms with Crippen LogP contribution in [0.15, 0.2) is 35.9 Å². The number of H-pyrrole nitrogens is 1. The Morgan fingerprint density at radius 2 is 2.14 bits per heavy atom. The van der Waals surface area contributed by atoms with E-state index in [2.05, 4.69) is 47.1 Å². The predicted molar refractivity (Wildman–Crippen MR) is 82.1 cm³/mol. The van der Waals surface area contributed by atoms with Gasteiger partial charge in [-0.2, -0.15) is 0 Å². The van der Waals surface area contributed by atoms with E-state index < -0.39 is 0 Å². The van der Waals surface area contributed by atoms with Gasteiger partial charge in [-0.1, -0.05) is 24.3 Å². The molecule has 5 heterocycles. The summed E-state index contributed by atoms with van der Waals surface area (Å²) in [5.41, 5.74) is 5.28. The largest absolute Gasteiger partial charge is 0.357 e. The normalized spacial score (nSPS) is 35.5. The van der Waals surface area contributed by atoms with Gasteiger partial charge in [-0.25, -0.2) is 0 Å². The number of aromatic nitrogens is 1. The number of piperidine rings is 3. The minimum atomic E-state index is 0.101. The molecule has 1 unspecified atom stereocenters. The lowest BCUT2D eigenvalue weighted by Gasteiger charge is -2.53. The van der Waals surface area contributed by atoms with Crippen LogP contribution in [0.4, 0.5) is 0 Å². The molecule has 3 heteroatoms. The molecular weight excluding hydrogens is 260 g/mol. The molecule has 0 radical (unpaired) electrons. The van der Waals surface area contributed by atoms with Crippen LogP contribution < -0.4 is 0 Å². The summed E-state index contributed by atoms with van der Waals surface area (Å²) >= 11 is 0. The van der Waals surface area contributed by atoms with E-state index in [1.807, 2.05) is 0 Å². The monoisotopic (exact) mass is 278 g/mol. The van der Waals surface area contributed by atoms with Crippen LogP contribution in [0, 0.1) is 5.92 Å². The lowest BCUT2D eigenvalue weighted by Crippen LogP contribution is -2.60.